The predicted octanol–water partition coefficient (Wildman–Crippen LogP) is 4.49. The summed E-state index contributed by atoms with van der Waals surface area (Å²) in [7, 11) is 0. The van der Waals surface area contributed by atoms with Gasteiger partial charge in [0.2, 0.25) is 0 Å². The fourth-order valence-electron chi connectivity index (χ4n) is 2.16. The van der Waals surface area contributed by atoms with Crippen molar-refractivity contribution in [2.75, 3.05) is 6.61 Å². The van der Waals surface area contributed by atoms with E-state index in [1.165, 1.54) is 0 Å². The largest absolute Gasteiger partial charge is 0.508 e. The Labute approximate surface area is 117 Å². The minimum absolute atomic E-state index is 0.195. The van der Waals surface area contributed by atoms with Crippen molar-refractivity contribution in [1.82, 2.24) is 0 Å². The Bertz CT molecular complexity index is 736. The summed E-state index contributed by atoms with van der Waals surface area (Å²) in [6.07, 6.45) is 0. The van der Waals surface area contributed by atoms with E-state index in [0.717, 1.165) is 16.7 Å². The van der Waals surface area contributed by atoms with Crippen molar-refractivity contribution in [3.63, 3.8) is 0 Å². The molecule has 0 amide bonds. The first-order valence-electron chi connectivity index (χ1n) is 6.56. The van der Waals surface area contributed by atoms with Gasteiger partial charge in [-0.05, 0) is 25.1 Å². The third kappa shape index (κ3) is 2.30. The molecule has 0 saturated carbocycles. The predicted molar refractivity (Wildman–Crippen MR) is 78.9 cm³/mol. The number of fused-ring (bicyclic) bond motifs is 1. The number of hydrogen-bond acceptors (Lipinski definition) is 2. The van der Waals surface area contributed by atoms with E-state index >= 15 is 0 Å². The van der Waals surface area contributed by atoms with E-state index in [4.69, 9.17) is 9.15 Å². The third-order valence-corrected chi connectivity index (χ3v) is 3.07. The van der Waals surface area contributed by atoms with Crippen LogP contribution in [0.2, 0.25) is 0 Å². The smallest absolute Gasteiger partial charge is 0.364 e. The summed E-state index contributed by atoms with van der Waals surface area (Å²) >= 11 is 0. The van der Waals surface area contributed by atoms with E-state index in [9.17, 15) is 5.11 Å². The Morgan fingerprint density at radius 3 is 2.60 bits per heavy atom. The number of phenolic OH excluding ortho intramolecular Hbond substituents is 1. The lowest BCUT2D eigenvalue weighted by molar-refractivity contribution is 0.342. The van der Waals surface area contributed by atoms with Crippen molar-refractivity contribution in [3.8, 4) is 22.8 Å². The zero-order valence-corrected chi connectivity index (χ0v) is 11.2. The molecule has 3 heteroatoms. The molecule has 0 spiro atoms. The molecule has 3 nitrogen and oxygen atoms in total. The van der Waals surface area contributed by atoms with Gasteiger partial charge in [0.25, 0.3) is 0 Å². The van der Waals surface area contributed by atoms with Crippen molar-refractivity contribution in [1.29, 1.82) is 0 Å². The maximum absolute atomic E-state index is 9.61. The van der Waals surface area contributed by atoms with Gasteiger partial charge in [0.1, 0.15) is 16.9 Å². The molecule has 0 aliphatic heterocycles. The van der Waals surface area contributed by atoms with E-state index in [1.54, 1.807) is 18.2 Å². The summed E-state index contributed by atoms with van der Waals surface area (Å²) in [5.41, 5.74) is 1.68. The topological polar surface area (TPSA) is 40.8 Å². The van der Waals surface area contributed by atoms with E-state index in [-0.39, 0.29) is 5.75 Å². The second-order valence-electron chi connectivity index (χ2n) is 4.45. The molecule has 1 aromatic heterocycles. The quantitative estimate of drug-likeness (QED) is 0.711. The van der Waals surface area contributed by atoms with Crippen molar-refractivity contribution in [2.45, 2.75) is 6.92 Å². The molecule has 0 unspecified atom stereocenters. The van der Waals surface area contributed by atoms with Crippen LogP contribution < -0.4 is 4.74 Å². The molecule has 1 heterocycles. The highest BCUT2D eigenvalue weighted by Gasteiger charge is 2.20. The minimum Gasteiger partial charge on any atom is -0.508 e. The Morgan fingerprint density at radius 1 is 1.05 bits per heavy atom. The van der Waals surface area contributed by atoms with Crippen LogP contribution in [0.25, 0.3) is 22.3 Å². The number of aromatic hydroxyl groups is 1. The number of rotatable bonds is 3. The first-order valence-corrected chi connectivity index (χ1v) is 6.56. The summed E-state index contributed by atoms with van der Waals surface area (Å²) < 4.78 is 11.6. The van der Waals surface area contributed by atoms with Crippen molar-refractivity contribution >= 4 is 11.0 Å². The summed E-state index contributed by atoms with van der Waals surface area (Å²) in [5, 5.41) is 10.4. The molecule has 0 aliphatic carbocycles. The van der Waals surface area contributed by atoms with E-state index < -0.39 is 0 Å². The molecule has 0 fully saturated rings. The normalized spacial score (nSPS) is 10.7. The number of ether oxygens (including phenoxy) is 1. The fraction of sp³-hybridized carbons (Fsp3) is 0.118. The van der Waals surface area contributed by atoms with Gasteiger partial charge in [-0.25, -0.2) is 4.42 Å². The Morgan fingerprint density at radius 2 is 1.85 bits per heavy atom. The summed E-state index contributed by atoms with van der Waals surface area (Å²) in [6.45, 7) is 2.49. The summed E-state index contributed by atoms with van der Waals surface area (Å²) in [5.74, 6) is 1.65. The molecule has 0 radical (unpaired) electrons. The molecule has 20 heavy (non-hydrogen) atoms. The molecule has 0 bridgehead atoms. The Kier molecular flexibility index (Phi) is 3.25. The second-order valence-corrected chi connectivity index (χ2v) is 4.45. The van der Waals surface area contributed by atoms with Crippen LogP contribution in [0, 0.1) is 0 Å². The fourth-order valence-corrected chi connectivity index (χ4v) is 2.16. The average molecular weight is 267 g/mol. The molecule has 0 aliphatic rings. The van der Waals surface area contributed by atoms with Gasteiger partial charge >= 0.3 is 11.3 Å². The highest BCUT2D eigenvalue weighted by atomic mass is 16.5. The monoisotopic (exact) mass is 267 g/mol. The van der Waals surface area contributed by atoms with Gasteiger partial charge in [0, 0.05) is 12.1 Å². The van der Waals surface area contributed by atoms with Crippen LogP contribution in [0.15, 0.2) is 59.0 Å². The Hall–Kier alpha value is -2.55. The van der Waals surface area contributed by atoms with E-state index in [0.29, 0.717) is 17.9 Å². The molecule has 2 aromatic carbocycles. The molecule has 3 rings (SSSR count). The van der Waals surface area contributed by atoms with Gasteiger partial charge in [0.15, 0.2) is 0 Å². The molecule has 3 aromatic rings. The maximum atomic E-state index is 9.61. The van der Waals surface area contributed by atoms with Gasteiger partial charge in [-0.2, -0.15) is 0 Å². The van der Waals surface area contributed by atoms with Crippen molar-refractivity contribution in [2.24, 2.45) is 0 Å². The van der Waals surface area contributed by atoms with Gasteiger partial charge < -0.3 is 9.84 Å². The zero-order chi connectivity index (χ0) is 13.9. The van der Waals surface area contributed by atoms with Crippen LogP contribution in [0.5, 0.6) is 11.5 Å². The average Bonchev–Trinajstić information content (AvgIpc) is 2.49. The van der Waals surface area contributed by atoms with Crippen LogP contribution in [0.3, 0.4) is 0 Å². The first-order chi connectivity index (χ1) is 9.78. The molecule has 0 atom stereocenters. The van der Waals surface area contributed by atoms with Crippen LogP contribution in [-0.2, 0) is 0 Å². The zero-order valence-electron chi connectivity index (χ0n) is 11.2. The number of phenols is 1. The lowest BCUT2D eigenvalue weighted by Crippen LogP contribution is -1.93. The Balaban J connectivity index is 2.23. The van der Waals surface area contributed by atoms with Crippen LogP contribution in [0.4, 0.5) is 0 Å². The standard InChI is InChI=1S/C17H14O3/c1-2-19-17-11-16(12-6-4-3-5-7-12)20-15-9-8-13(18)10-14(15)17/h3-11H,2H2,1H3/p+1. The molecular weight excluding hydrogens is 252 g/mol. The van der Waals surface area contributed by atoms with E-state index in [2.05, 4.69) is 0 Å². The SMILES string of the molecule is CCOc1cc(-c2ccccc2)[o+]c2ccc(O)cc12. The lowest BCUT2D eigenvalue weighted by atomic mass is 10.1. The van der Waals surface area contributed by atoms with Crippen LogP contribution in [-0.4, -0.2) is 11.7 Å². The van der Waals surface area contributed by atoms with Gasteiger partial charge in [-0.1, -0.05) is 18.2 Å². The lowest BCUT2D eigenvalue weighted by Gasteiger charge is -2.04. The van der Waals surface area contributed by atoms with Gasteiger partial charge in [-0.3, -0.25) is 0 Å². The number of hydrogen-bond donors (Lipinski definition) is 1. The van der Waals surface area contributed by atoms with E-state index in [1.807, 2.05) is 43.3 Å². The summed E-state index contributed by atoms with van der Waals surface area (Å²) in [6, 6.07) is 16.7. The molecular formula is C17H15O3+. The highest BCUT2D eigenvalue weighted by Crippen LogP contribution is 2.34. The molecule has 0 saturated heterocycles. The van der Waals surface area contributed by atoms with Gasteiger partial charge in [0.05, 0.1) is 18.2 Å². The van der Waals surface area contributed by atoms with Crippen LogP contribution in [0.1, 0.15) is 6.92 Å². The van der Waals surface area contributed by atoms with Gasteiger partial charge in [-0.15, -0.1) is 0 Å². The maximum Gasteiger partial charge on any atom is 0.364 e. The molecule has 1 N–H and O–H groups in total. The molecule has 100 valence electrons. The minimum atomic E-state index is 0.195. The second kappa shape index (κ2) is 5.21. The first kappa shape index (κ1) is 12.5. The van der Waals surface area contributed by atoms with Crippen LogP contribution >= 0.6 is 0 Å². The highest BCUT2D eigenvalue weighted by molar-refractivity contribution is 5.86. The van der Waals surface area contributed by atoms with Crippen molar-refractivity contribution in [3.05, 3.63) is 54.6 Å². The number of benzene rings is 2. The third-order valence-electron chi connectivity index (χ3n) is 3.07. The summed E-state index contributed by atoms with van der Waals surface area (Å²) in [4.78, 5) is 0. The van der Waals surface area contributed by atoms with Crippen molar-refractivity contribution < 1.29 is 14.3 Å².